The van der Waals surface area contributed by atoms with E-state index in [-0.39, 0.29) is 35.5 Å². The van der Waals surface area contributed by atoms with Crippen LogP contribution >= 0.6 is 7.14 Å². The van der Waals surface area contributed by atoms with Crippen LogP contribution in [-0.2, 0) is 4.57 Å². The summed E-state index contributed by atoms with van der Waals surface area (Å²) in [5, 5.41) is 3.36. The summed E-state index contributed by atoms with van der Waals surface area (Å²) in [6.45, 7) is 41.4. The quantitative estimate of drug-likeness (QED) is 0.177. The molecule has 0 spiro atoms. The molecule has 0 atom stereocenters. The maximum atomic E-state index is 17.8. The molecule has 1 nitrogen and oxygen atoms in total. The molecule has 3 rings (SSSR count). The second kappa shape index (κ2) is 15.2. The van der Waals surface area contributed by atoms with Gasteiger partial charge in [0.2, 0.25) is 0 Å². The van der Waals surface area contributed by atoms with Crippen LogP contribution in [0.3, 0.4) is 0 Å². The van der Waals surface area contributed by atoms with Gasteiger partial charge < -0.3 is 4.57 Å². The molecule has 3 aromatic carbocycles. The van der Waals surface area contributed by atoms with Crippen molar-refractivity contribution in [1.29, 1.82) is 0 Å². The van der Waals surface area contributed by atoms with Crippen molar-refractivity contribution >= 4 is 23.1 Å². The van der Waals surface area contributed by atoms with Gasteiger partial charge in [-0.25, -0.2) is 0 Å². The number of hydrogen-bond donors (Lipinski definition) is 0. The van der Waals surface area contributed by atoms with Gasteiger partial charge in [0.05, 0.1) is 0 Å². The van der Waals surface area contributed by atoms with Crippen LogP contribution in [0.4, 0.5) is 0 Å². The van der Waals surface area contributed by atoms with E-state index >= 15 is 4.57 Å². The predicted molar refractivity (Wildman–Crippen MR) is 213 cm³/mol. The molecule has 0 radical (unpaired) electrons. The standard InChI is InChI=1S/C45H69OP/c1-25(2)34-19-37(28(7)8)43(38(20-34)29(9)10)47(46,44-39(30(11)12)21-35(26(3)4)22-40(44)31(13)14)45-41(32(15)16)23-36(27(5)6)24-42(45)33(17)18/h19-33H,1-18H3. The Balaban J connectivity index is 2.94. The lowest BCUT2D eigenvalue weighted by molar-refractivity contribution is 0.590. The summed E-state index contributed by atoms with van der Waals surface area (Å²) in [6.07, 6.45) is 0. The van der Waals surface area contributed by atoms with Crippen molar-refractivity contribution in [3.8, 4) is 0 Å². The first-order valence-electron chi connectivity index (χ1n) is 18.8. The van der Waals surface area contributed by atoms with Gasteiger partial charge in [-0.3, -0.25) is 0 Å². The molecule has 0 fully saturated rings. The molecule has 0 amide bonds. The molecule has 0 aliphatic carbocycles. The minimum absolute atomic E-state index is 0.231. The van der Waals surface area contributed by atoms with E-state index in [4.69, 9.17) is 0 Å². The summed E-state index contributed by atoms with van der Waals surface area (Å²) in [5.74, 6) is 2.56. The number of benzene rings is 3. The van der Waals surface area contributed by atoms with Crippen LogP contribution < -0.4 is 15.9 Å². The zero-order valence-corrected chi connectivity index (χ0v) is 34.4. The fourth-order valence-electron chi connectivity index (χ4n) is 7.18. The Hall–Kier alpha value is -2.11. The Labute approximate surface area is 291 Å². The first-order chi connectivity index (χ1) is 21.7. The van der Waals surface area contributed by atoms with E-state index in [0.717, 1.165) is 15.9 Å². The molecule has 0 aromatic heterocycles. The topological polar surface area (TPSA) is 17.1 Å². The number of rotatable bonds is 12. The van der Waals surface area contributed by atoms with Gasteiger partial charge in [-0.15, -0.1) is 0 Å². The van der Waals surface area contributed by atoms with Crippen LogP contribution in [0.1, 0.15) is 228 Å². The van der Waals surface area contributed by atoms with Crippen molar-refractivity contribution in [2.45, 2.75) is 178 Å². The summed E-state index contributed by atoms with van der Waals surface area (Å²) in [4.78, 5) is 0. The van der Waals surface area contributed by atoms with E-state index in [2.05, 4.69) is 161 Å². The molecule has 0 saturated carbocycles. The monoisotopic (exact) mass is 657 g/mol. The van der Waals surface area contributed by atoms with Crippen LogP contribution in [0.25, 0.3) is 0 Å². The highest BCUT2D eigenvalue weighted by Crippen LogP contribution is 2.54. The first-order valence-corrected chi connectivity index (χ1v) is 20.5. The Kier molecular flexibility index (Phi) is 12.7. The minimum atomic E-state index is -3.48. The van der Waals surface area contributed by atoms with Crippen molar-refractivity contribution < 1.29 is 4.57 Å². The Morgan fingerprint density at radius 3 is 0.553 bits per heavy atom. The normalized spacial score (nSPS) is 13.0. The number of hydrogen-bond acceptors (Lipinski definition) is 1. The van der Waals surface area contributed by atoms with Crippen molar-refractivity contribution in [2.75, 3.05) is 0 Å². The lowest BCUT2D eigenvalue weighted by atomic mass is 9.89. The average Bonchev–Trinajstić information content (AvgIpc) is 2.98. The summed E-state index contributed by atoms with van der Waals surface area (Å²) in [5.41, 5.74) is 11.6. The van der Waals surface area contributed by atoms with Crippen LogP contribution in [0.15, 0.2) is 36.4 Å². The van der Waals surface area contributed by atoms with Gasteiger partial charge in [-0.2, -0.15) is 0 Å². The van der Waals surface area contributed by atoms with Crippen molar-refractivity contribution in [3.63, 3.8) is 0 Å². The van der Waals surface area contributed by atoms with Gasteiger partial charge in [0, 0.05) is 15.9 Å². The van der Waals surface area contributed by atoms with Gasteiger partial charge in [-0.05, 0) is 103 Å². The third-order valence-electron chi connectivity index (χ3n) is 10.3. The van der Waals surface area contributed by atoms with Gasteiger partial charge in [0.1, 0.15) is 0 Å². The van der Waals surface area contributed by atoms with E-state index in [1.165, 1.54) is 50.1 Å². The maximum Gasteiger partial charge on any atom is 0.172 e. The summed E-state index contributed by atoms with van der Waals surface area (Å²) >= 11 is 0. The SMILES string of the molecule is CC(C)c1cc(C(C)C)c(P(=O)(c2c(C(C)C)cc(C(C)C)cc2C(C)C)c2c(C(C)C)cc(C(C)C)cc2C(C)C)c(C(C)C)c1. The average molecular weight is 657 g/mol. The fourth-order valence-corrected chi connectivity index (χ4v) is 12.0. The van der Waals surface area contributed by atoms with Crippen LogP contribution in [0.5, 0.6) is 0 Å². The Bertz CT molecular complexity index is 1320. The van der Waals surface area contributed by atoms with Crippen molar-refractivity contribution in [3.05, 3.63) is 86.5 Å². The van der Waals surface area contributed by atoms with Crippen molar-refractivity contribution in [1.82, 2.24) is 0 Å². The molecule has 0 bridgehead atoms. The van der Waals surface area contributed by atoms with E-state index < -0.39 is 7.14 Å². The smallest absolute Gasteiger partial charge is 0.172 e. The van der Waals surface area contributed by atoms with Crippen LogP contribution in [0, 0.1) is 0 Å². The molecule has 0 aliphatic heterocycles. The largest absolute Gasteiger partial charge is 0.309 e. The summed E-state index contributed by atoms with van der Waals surface area (Å²) in [6, 6.07) is 14.5. The van der Waals surface area contributed by atoms with Crippen LogP contribution in [0.2, 0.25) is 0 Å². The Morgan fingerprint density at radius 1 is 0.298 bits per heavy atom. The molecule has 3 aromatic rings. The Morgan fingerprint density at radius 2 is 0.447 bits per heavy atom. The van der Waals surface area contributed by atoms with E-state index in [1.54, 1.807) is 0 Å². The molecule has 0 aliphatic rings. The van der Waals surface area contributed by atoms with Crippen molar-refractivity contribution in [2.24, 2.45) is 0 Å². The molecular weight excluding hydrogens is 587 g/mol. The van der Waals surface area contributed by atoms with Gasteiger partial charge in [-0.1, -0.05) is 161 Å². The predicted octanol–water partition coefficient (Wildman–Crippen LogP) is 13.4. The highest BCUT2D eigenvalue weighted by Gasteiger charge is 2.43. The minimum Gasteiger partial charge on any atom is -0.309 e. The molecule has 0 saturated heterocycles. The lowest BCUT2D eigenvalue weighted by Crippen LogP contribution is -2.38. The maximum absolute atomic E-state index is 17.8. The highest BCUT2D eigenvalue weighted by molar-refractivity contribution is 7.85. The van der Waals surface area contributed by atoms with E-state index in [1.807, 2.05) is 0 Å². The molecule has 260 valence electrons. The van der Waals surface area contributed by atoms with Gasteiger partial charge >= 0.3 is 0 Å². The molecule has 0 unspecified atom stereocenters. The summed E-state index contributed by atoms with van der Waals surface area (Å²) in [7, 11) is -3.48. The zero-order chi connectivity index (χ0) is 35.9. The third kappa shape index (κ3) is 7.72. The van der Waals surface area contributed by atoms with E-state index in [0.29, 0.717) is 17.8 Å². The lowest BCUT2D eigenvalue weighted by Gasteiger charge is -2.37. The molecular formula is C45H69OP. The third-order valence-corrected chi connectivity index (χ3v) is 13.7. The molecule has 0 N–H and O–H groups in total. The highest BCUT2D eigenvalue weighted by atomic mass is 31.2. The van der Waals surface area contributed by atoms with Gasteiger partial charge in [0.25, 0.3) is 0 Å². The second-order valence-electron chi connectivity index (χ2n) is 17.1. The zero-order valence-electron chi connectivity index (χ0n) is 33.5. The fraction of sp³-hybridized carbons (Fsp3) is 0.600. The van der Waals surface area contributed by atoms with Crippen LogP contribution in [-0.4, -0.2) is 0 Å². The molecule has 0 heterocycles. The van der Waals surface area contributed by atoms with E-state index in [9.17, 15) is 0 Å². The first kappa shape index (κ1) is 39.3. The molecule has 2 heteroatoms. The summed E-state index contributed by atoms with van der Waals surface area (Å²) < 4.78 is 17.8. The second-order valence-corrected chi connectivity index (χ2v) is 19.7. The molecule has 47 heavy (non-hydrogen) atoms. The van der Waals surface area contributed by atoms with Gasteiger partial charge in [0.15, 0.2) is 7.14 Å².